The molecular formula is C35H25IrN4O. The summed E-state index contributed by atoms with van der Waals surface area (Å²) in [7, 11) is 0. The zero-order chi connectivity index (χ0) is 27.1. The first-order valence-electron chi connectivity index (χ1n) is 12.9. The second-order valence-corrected chi connectivity index (χ2v) is 8.99. The van der Waals surface area contributed by atoms with Crippen LogP contribution in [-0.4, -0.2) is 15.1 Å². The van der Waals surface area contributed by atoms with Gasteiger partial charge in [0.2, 0.25) is 0 Å². The summed E-state index contributed by atoms with van der Waals surface area (Å²) in [6.45, 7) is 1.98. The Labute approximate surface area is 253 Å². The van der Waals surface area contributed by atoms with Gasteiger partial charge < -0.3 is 14.9 Å². The van der Waals surface area contributed by atoms with Crippen molar-refractivity contribution in [2.45, 2.75) is 0 Å². The summed E-state index contributed by atoms with van der Waals surface area (Å²) in [6, 6.07) is 47.7. The summed E-state index contributed by atoms with van der Waals surface area (Å²) in [5.41, 5.74) is 7.64. The summed E-state index contributed by atoms with van der Waals surface area (Å²) >= 11 is 0. The third-order valence-corrected chi connectivity index (χ3v) is 6.40. The second-order valence-electron chi connectivity index (χ2n) is 8.99. The van der Waals surface area contributed by atoms with E-state index >= 15 is 0 Å². The van der Waals surface area contributed by atoms with Crippen molar-refractivity contribution >= 4 is 22.7 Å². The molecule has 0 atom stereocenters. The van der Waals surface area contributed by atoms with Gasteiger partial charge >= 0.3 is 20.1 Å². The molecule has 0 aliphatic carbocycles. The van der Waals surface area contributed by atoms with Crippen LogP contribution in [0.25, 0.3) is 22.5 Å². The van der Waals surface area contributed by atoms with Gasteiger partial charge in [0.15, 0.2) is 0 Å². The van der Waals surface area contributed by atoms with E-state index in [0.717, 1.165) is 45.3 Å². The van der Waals surface area contributed by atoms with E-state index in [1.54, 1.807) is 18.5 Å². The maximum atomic E-state index is 10.2. The minimum absolute atomic E-state index is 0. The third-order valence-electron chi connectivity index (χ3n) is 6.40. The Morgan fingerprint density at radius 1 is 0.561 bits per heavy atom. The molecule has 0 amide bonds. The van der Waals surface area contributed by atoms with Crippen LogP contribution in [-0.2, 0) is 20.1 Å². The maximum Gasteiger partial charge on any atom is 3.00 e. The van der Waals surface area contributed by atoms with Crippen LogP contribution in [0.15, 0.2) is 140 Å². The molecular weight excluding hydrogens is 685 g/mol. The molecule has 0 fully saturated rings. The van der Waals surface area contributed by atoms with E-state index in [9.17, 15) is 5.11 Å². The monoisotopic (exact) mass is 710 g/mol. The van der Waals surface area contributed by atoms with Gasteiger partial charge in [-0.3, -0.25) is 9.97 Å². The van der Waals surface area contributed by atoms with Crippen LogP contribution in [0.4, 0.5) is 22.7 Å². The summed E-state index contributed by atoms with van der Waals surface area (Å²) in [5.74, 6) is 0.257. The van der Waals surface area contributed by atoms with E-state index in [-0.39, 0.29) is 25.9 Å². The fraction of sp³-hybridized carbons (Fsp3) is 0. The quantitative estimate of drug-likeness (QED) is 0.187. The van der Waals surface area contributed by atoms with Crippen molar-refractivity contribution in [3.05, 3.63) is 159 Å². The van der Waals surface area contributed by atoms with Crippen molar-refractivity contribution in [1.82, 2.24) is 9.97 Å². The minimum Gasteiger partial charge on any atom is -0.506 e. The number of aromatic nitrogens is 2. The summed E-state index contributed by atoms with van der Waals surface area (Å²) in [4.78, 5) is 12.7. The first-order chi connectivity index (χ1) is 19.8. The van der Waals surface area contributed by atoms with Crippen LogP contribution in [0.1, 0.15) is 0 Å². The predicted octanol–water partition coefficient (Wildman–Crippen LogP) is 8.21. The van der Waals surface area contributed by atoms with Gasteiger partial charge in [-0.15, -0.1) is 36.6 Å². The van der Waals surface area contributed by atoms with Crippen LogP contribution in [0, 0.1) is 18.8 Å². The topological polar surface area (TPSA) is 52.5 Å². The third kappa shape index (κ3) is 6.20. The first-order valence-corrected chi connectivity index (χ1v) is 12.9. The number of hydrogen-bond donors (Lipinski definition) is 1. The number of benzene rings is 4. The van der Waals surface area contributed by atoms with Crippen molar-refractivity contribution in [2.24, 2.45) is 0 Å². The molecule has 6 aromatic rings. The Kier molecular flexibility index (Phi) is 8.85. The smallest absolute Gasteiger partial charge is 0.506 e. The normalized spacial score (nSPS) is 11.6. The summed E-state index contributed by atoms with van der Waals surface area (Å²) in [5, 5.41) is 10.2. The van der Waals surface area contributed by atoms with Gasteiger partial charge in [0.1, 0.15) is 5.75 Å². The Morgan fingerprint density at radius 3 is 1.68 bits per heavy atom. The predicted molar refractivity (Wildman–Crippen MR) is 160 cm³/mol. The van der Waals surface area contributed by atoms with Crippen molar-refractivity contribution in [2.75, 3.05) is 9.80 Å². The van der Waals surface area contributed by atoms with Gasteiger partial charge in [-0.2, -0.15) is 30.3 Å². The largest absolute Gasteiger partial charge is 3.00 e. The standard InChI is InChI=1S/C19H14N2O.C16H11N2.Ir/c22-19-13-7-6-12-18(19)21-14-20(15-8-2-1-3-9-15)16-10-4-5-11-17(16)21;1-3-10-17-15(8-1)13-6-5-7-14(12-13)16-9-2-4-11-18-16;/h1-8,10-14,22H;1-11H;/q-2;-1;+3. The molecule has 0 bridgehead atoms. The van der Waals surface area contributed by atoms with Crippen LogP contribution >= 0.6 is 0 Å². The van der Waals surface area contributed by atoms with E-state index in [1.807, 2.05) is 127 Å². The number of pyridine rings is 2. The number of phenols is 1. The molecule has 41 heavy (non-hydrogen) atoms. The molecule has 4 aromatic carbocycles. The Bertz CT molecular complexity index is 1640. The van der Waals surface area contributed by atoms with Crippen molar-refractivity contribution < 1.29 is 25.2 Å². The number of rotatable bonds is 4. The molecule has 0 unspecified atom stereocenters. The zero-order valence-corrected chi connectivity index (χ0v) is 24.3. The number of fused-ring (bicyclic) bond motifs is 1. The van der Waals surface area contributed by atoms with E-state index in [1.165, 1.54) is 0 Å². The second kappa shape index (κ2) is 13.1. The molecule has 1 aliphatic heterocycles. The molecule has 3 heterocycles. The molecule has 5 nitrogen and oxygen atoms in total. The molecule has 200 valence electrons. The fourth-order valence-corrected chi connectivity index (χ4v) is 4.51. The van der Waals surface area contributed by atoms with Gasteiger partial charge in [-0.25, -0.2) is 0 Å². The van der Waals surface area contributed by atoms with Crippen LogP contribution in [0.3, 0.4) is 0 Å². The number of para-hydroxylation sites is 5. The van der Waals surface area contributed by atoms with E-state index < -0.39 is 0 Å². The molecule has 0 radical (unpaired) electrons. The molecule has 0 saturated heterocycles. The number of hydrogen-bond acceptors (Lipinski definition) is 5. The van der Waals surface area contributed by atoms with Gasteiger partial charge in [-0.1, -0.05) is 59.7 Å². The Hall–Kier alpha value is -4.77. The molecule has 0 spiro atoms. The van der Waals surface area contributed by atoms with Crippen LogP contribution in [0.5, 0.6) is 5.75 Å². The number of aromatic hydroxyl groups is 1. The van der Waals surface area contributed by atoms with Gasteiger partial charge in [0.05, 0.1) is 5.69 Å². The number of nitrogens with zero attached hydrogens (tertiary/aromatic N) is 4. The van der Waals surface area contributed by atoms with Crippen molar-refractivity contribution in [1.29, 1.82) is 0 Å². The molecule has 6 heteroatoms. The Balaban J connectivity index is 0.000000164. The minimum atomic E-state index is 0. The van der Waals surface area contributed by atoms with Gasteiger partial charge in [-0.05, 0) is 36.4 Å². The number of phenolic OH excluding ortho intramolecular Hbond substituents is 1. The SMILES string of the molecule is Oc1ccccc1N1[CH-]N(c2[c-]cccc2)c2ccccc21.[Ir+3].[c-]1c(-c2ccccn2)cccc1-c1ccccn1. The van der Waals surface area contributed by atoms with Gasteiger partial charge in [0, 0.05) is 35.2 Å². The first kappa shape index (κ1) is 27.8. The molecule has 1 N–H and O–H groups in total. The molecule has 2 aromatic heterocycles. The van der Waals surface area contributed by atoms with E-state index in [0.29, 0.717) is 0 Å². The average Bonchev–Trinajstić information content (AvgIpc) is 3.43. The van der Waals surface area contributed by atoms with Crippen LogP contribution in [0.2, 0.25) is 0 Å². The Morgan fingerprint density at radius 2 is 1.12 bits per heavy atom. The van der Waals surface area contributed by atoms with Gasteiger partial charge in [0.25, 0.3) is 0 Å². The van der Waals surface area contributed by atoms with Crippen molar-refractivity contribution in [3.63, 3.8) is 0 Å². The summed E-state index contributed by atoms with van der Waals surface area (Å²) in [6.07, 6.45) is 3.58. The summed E-state index contributed by atoms with van der Waals surface area (Å²) < 4.78 is 0. The number of anilines is 4. The average molecular weight is 710 g/mol. The van der Waals surface area contributed by atoms with E-state index in [2.05, 4.69) is 33.1 Å². The zero-order valence-electron chi connectivity index (χ0n) is 21.9. The van der Waals surface area contributed by atoms with Crippen molar-refractivity contribution in [3.8, 4) is 28.3 Å². The molecule has 7 rings (SSSR count). The fourth-order valence-electron chi connectivity index (χ4n) is 4.51. The maximum absolute atomic E-state index is 10.2. The van der Waals surface area contributed by atoms with E-state index in [4.69, 9.17) is 0 Å². The molecule has 1 aliphatic rings. The molecule has 0 saturated carbocycles. The van der Waals surface area contributed by atoms with Crippen LogP contribution < -0.4 is 9.80 Å².